The van der Waals surface area contributed by atoms with Crippen LogP contribution in [0.15, 0.2) is 60.7 Å². The van der Waals surface area contributed by atoms with Gasteiger partial charge in [-0.1, -0.05) is 36.4 Å². The van der Waals surface area contributed by atoms with Gasteiger partial charge in [0.25, 0.3) is 11.8 Å². The minimum Gasteiger partial charge on any atom is -0.378 e. The Hall–Kier alpha value is -3.14. The van der Waals surface area contributed by atoms with Crippen LogP contribution in [0.1, 0.15) is 11.1 Å². The molecule has 4 heteroatoms. The first-order chi connectivity index (χ1) is 11.5. The van der Waals surface area contributed by atoms with Gasteiger partial charge in [0.05, 0.1) is 5.69 Å². The lowest BCUT2D eigenvalue weighted by atomic mass is 10.1. The van der Waals surface area contributed by atoms with Crippen molar-refractivity contribution in [3.63, 3.8) is 0 Å². The van der Waals surface area contributed by atoms with Crippen LogP contribution in [0.4, 0.5) is 11.4 Å². The quantitative estimate of drug-likeness (QED) is 0.641. The van der Waals surface area contributed by atoms with Crippen LogP contribution in [0, 0.1) is 0 Å². The highest BCUT2D eigenvalue weighted by Crippen LogP contribution is 2.20. The van der Waals surface area contributed by atoms with E-state index in [9.17, 15) is 9.59 Å². The number of benzene rings is 2. The monoisotopic (exact) mass is 318 g/mol. The Kier molecular flexibility index (Phi) is 4.29. The number of amides is 2. The highest BCUT2D eigenvalue weighted by atomic mass is 16.2. The topological polar surface area (TPSA) is 40.6 Å². The molecule has 24 heavy (non-hydrogen) atoms. The summed E-state index contributed by atoms with van der Waals surface area (Å²) in [5.41, 5.74) is 3.86. The van der Waals surface area contributed by atoms with Gasteiger partial charge in [-0.3, -0.25) is 9.59 Å². The molecule has 120 valence electrons. The molecule has 0 atom stereocenters. The molecule has 1 heterocycles. The molecule has 0 spiro atoms. The van der Waals surface area contributed by atoms with E-state index in [1.54, 1.807) is 12.1 Å². The maximum atomic E-state index is 11.7. The summed E-state index contributed by atoms with van der Waals surface area (Å²) >= 11 is 0. The number of anilines is 2. The van der Waals surface area contributed by atoms with E-state index in [4.69, 9.17) is 0 Å². The molecule has 0 N–H and O–H groups in total. The number of carbonyl (C=O) groups is 2. The number of imide groups is 1. The summed E-state index contributed by atoms with van der Waals surface area (Å²) in [6.45, 7) is 0. The zero-order valence-corrected chi connectivity index (χ0v) is 13.6. The van der Waals surface area contributed by atoms with Gasteiger partial charge in [-0.05, 0) is 35.4 Å². The van der Waals surface area contributed by atoms with E-state index in [2.05, 4.69) is 29.2 Å². The Morgan fingerprint density at radius 3 is 1.67 bits per heavy atom. The second-order valence-electron chi connectivity index (χ2n) is 5.76. The first kappa shape index (κ1) is 15.7. The lowest BCUT2D eigenvalue weighted by Crippen LogP contribution is -2.29. The molecule has 0 saturated heterocycles. The third kappa shape index (κ3) is 3.27. The fourth-order valence-corrected chi connectivity index (χ4v) is 2.47. The van der Waals surface area contributed by atoms with E-state index in [0.29, 0.717) is 5.69 Å². The molecule has 2 aromatic carbocycles. The molecule has 2 aromatic rings. The largest absolute Gasteiger partial charge is 0.378 e. The van der Waals surface area contributed by atoms with Crippen LogP contribution < -0.4 is 9.80 Å². The van der Waals surface area contributed by atoms with Gasteiger partial charge in [0.2, 0.25) is 0 Å². The molecular weight excluding hydrogens is 300 g/mol. The lowest BCUT2D eigenvalue weighted by Gasteiger charge is -2.13. The van der Waals surface area contributed by atoms with Crippen molar-refractivity contribution in [2.75, 3.05) is 23.9 Å². The number of rotatable bonds is 4. The van der Waals surface area contributed by atoms with Gasteiger partial charge in [0.15, 0.2) is 0 Å². The average Bonchev–Trinajstić information content (AvgIpc) is 2.92. The van der Waals surface area contributed by atoms with Crippen molar-refractivity contribution in [1.82, 2.24) is 0 Å². The molecule has 0 aromatic heterocycles. The second-order valence-corrected chi connectivity index (χ2v) is 5.76. The summed E-state index contributed by atoms with van der Waals surface area (Å²) in [5, 5.41) is 0. The summed E-state index contributed by atoms with van der Waals surface area (Å²) in [6.07, 6.45) is 6.60. The molecule has 0 bridgehead atoms. The van der Waals surface area contributed by atoms with Crippen molar-refractivity contribution in [2.24, 2.45) is 0 Å². The van der Waals surface area contributed by atoms with Crippen molar-refractivity contribution in [3.8, 4) is 0 Å². The van der Waals surface area contributed by atoms with E-state index in [1.807, 2.05) is 38.4 Å². The lowest BCUT2D eigenvalue weighted by molar-refractivity contribution is -0.119. The van der Waals surface area contributed by atoms with Gasteiger partial charge in [-0.25, -0.2) is 4.90 Å². The van der Waals surface area contributed by atoms with E-state index in [0.717, 1.165) is 21.7 Å². The first-order valence-electron chi connectivity index (χ1n) is 7.66. The standard InChI is InChI=1S/C20H18N2O2/c1-21(2)17-9-5-15(6-10-17)3-4-16-7-11-18(12-8-16)22-19(23)13-14-20(22)24/h3-14H,1-2H3/b4-3+. The fraction of sp³-hybridized carbons (Fsp3) is 0.100. The van der Waals surface area contributed by atoms with Gasteiger partial charge in [-0.2, -0.15) is 0 Å². The van der Waals surface area contributed by atoms with Crippen molar-refractivity contribution in [1.29, 1.82) is 0 Å². The van der Waals surface area contributed by atoms with Gasteiger partial charge < -0.3 is 4.90 Å². The molecule has 1 aliphatic rings. The van der Waals surface area contributed by atoms with Crippen LogP contribution >= 0.6 is 0 Å². The molecule has 2 amide bonds. The molecule has 0 fully saturated rings. The molecule has 0 unspecified atom stereocenters. The predicted molar refractivity (Wildman–Crippen MR) is 97.8 cm³/mol. The fourth-order valence-electron chi connectivity index (χ4n) is 2.47. The maximum Gasteiger partial charge on any atom is 0.258 e. The zero-order valence-electron chi connectivity index (χ0n) is 13.6. The molecular formula is C20H18N2O2. The molecule has 4 nitrogen and oxygen atoms in total. The van der Waals surface area contributed by atoms with E-state index < -0.39 is 0 Å². The molecule has 1 aliphatic heterocycles. The van der Waals surface area contributed by atoms with Gasteiger partial charge in [-0.15, -0.1) is 0 Å². The SMILES string of the molecule is CN(C)c1ccc(/C=C/c2ccc(N3C(=O)C=CC3=O)cc2)cc1. The number of hydrogen-bond donors (Lipinski definition) is 0. The van der Waals surface area contributed by atoms with E-state index in [-0.39, 0.29) is 11.8 Å². The Morgan fingerprint density at radius 1 is 0.750 bits per heavy atom. The highest BCUT2D eigenvalue weighted by molar-refractivity contribution is 6.28. The molecule has 0 radical (unpaired) electrons. The Morgan fingerprint density at radius 2 is 1.21 bits per heavy atom. The molecule has 0 saturated carbocycles. The smallest absolute Gasteiger partial charge is 0.258 e. The van der Waals surface area contributed by atoms with Gasteiger partial charge >= 0.3 is 0 Å². The Balaban J connectivity index is 1.72. The molecule has 3 rings (SSSR count). The maximum absolute atomic E-state index is 11.7. The summed E-state index contributed by atoms with van der Waals surface area (Å²) < 4.78 is 0. The van der Waals surface area contributed by atoms with Crippen LogP contribution in [0.25, 0.3) is 12.2 Å². The third-order valence-electron chi connectivity index (χ3n) is 3.84. The summed E-state index contributed by atoms with van der Waals surface area (Å²) in [6, 6.07) is 15.6. The van der Waals surface area contributed by atoms with Crippen molar-refractivity contribution >= 4 is 35.3 Å². The normalized spacial score (nSPS) is 14.0. The zero-order chi connectivity index (χ0) is 17.1. The first-order valence-corrected chi connectivity index (χ1v) is 7.66. The van der Waals surface area contributed by atoms with E-state index >= 15 is 0 Å². The number of nitrogens with zero attached hydrogens (tertiary/aromatic N) is 2. The van der Waals surface area contributed by atoms with E-state index in [1.165, 1.54) is 12.2 Å². The summed E-state index contributed by atoms with van der Waals surface area (Å²) in [7, 11) is 4.02. The Labute approximate surface area is 141 Å². The van der Waals surface area contributed by atoms with Crippen LogP contribution in [-0.4, -0.2) is 25.9 Å². The van der Waals surface area contributed by atoms with Crippen LogP contribution in [0.5, 0.6) is 0 Å². The third-order valence-corrected chi connectivity index (χ3v) is 3.84. The average molecular weight is 318 g/mol. The second kappa shape index (κ2) is 6.54. The Bertz CT molecular complexity index is 798. The highest BCUT2D eigenvalue weighted by Gasteiger charge is 2.24. The molecule has 0 aliphatic carbocycles. The van der Waals surface area contributed by atoms with Crippen LogP contribution in [-0.2, 0) is 9.59 Å². The summed E-state index contributed by atoms with van der Waals surface area (Å²) in [5.74, 6) is -0.603. The van der Waals surface area contributed by atoms with Crippen LogP contribution in [0.3, 0.4) is 0 Å². The van der Waals surface area contributed by atoms with Gasteiger partial charge in [0.1, 0.15) is 0 Å². The minimum absolute atomic E-state index is 0.302. The van der Waals surface area contributed by atoms with Crippen molar-refractivity contribution in [3.05, 3.63) is 71.8 Å². The van der Waals surface area contributed by atoms with Crippen LogP contribution in [0.2, 0.25) is 0 Å². The number of hydrogen-bond acceptors (Lipinski definition) is 3. The van der Waals surface area contributed by atoms with Gasteiger partial charge in [0, 0.05) is 31.9 Å². The van der Waals surface area contributed by atoms with Crippen molar-refractivity contribution in [2.45, 2.75) is 0 Å². The minimum atomic E-state index is -0.302. The summed E-state index contributed by atoms with van der Waals surface area (Å²) in [4.78, 5) is 26.5. The van der Waals surface area contributed by atoms with Crippen molar-refractivity contribution < 1.29 is 9.59 Å². The predicted octanol–water partition coefficient (Wildman–Crippen LogP) is 3.35. The number of carbonyl (C=O) groups excluding carboxylic acids is 2.